The maximum atomic E-state index is 14.7. The second-order valence-electron chi connectivity index (χ2n) is 9.67. The van der Waals surface area contributed by atoms with Gasteiger partial charge in [-0.25, -0.2) is 14.4 Å². The Balaban J connectivity index is 1.22. The van der Waals surface area contributed by atoms with Crippen LogP contribution in [0.4, 0.5) is 16.0 Å². The topological polar surface area (TPSA) is 134 Å². The Morgan fingerprint density at radius 3 is 2.76 bits per heavy atom. The molecule has 1 aliphatic heterocycles. The van der Waals surface area contributed by atoms with Crippen LogP contribution in [0, 0.1) is 23.1 Å². The predicted molar refractivity (Wildman–Crippen MR) is 142 cm³/mol. The van der Waals surface area contributed by atoms with Gasteiger partial charge in [-0.1, -0.05) is 41.9 Å². The van der Waals surface area contributed by atoms with E-state index in [0.717, 1.165) is 24.2 Å². The van der Waals surface area contributed by atoms with Crippen molar-refractivity contribution in [3.05, 3.63) is 88.6 Å². The maximum absolute atomic E-state index is 14.7. The molecule has 6 N–H and O–H groups in total. The molecular formula is C27H26ClFN8. The molecule has 8 nitrogen and oxygen atoms in total. The molecular weight excluding hydrogens is 491 g/mol. The van der Waals surface area contributed by atoms with Crippen LogP contribution in [0.15, 0.2) is 60.9 Å². The summed E-state index contributed by atoms with van der Waals surface area (Å²) in [5, 5.41) is 16.0. The number of benzene rings is 2. The fraction of sp³-hybridized carbons (Fsp3) is 0.259. The number of nitrogens with one attached hydrogen (secondary N) is 2. The molecule has 2 aromatic carbocycles. The Hall–Kier alpha value is -3.82. The second kappa shape index (κ2) is 8.93. The number of rotatable bonds is 6. The first-order valence-corrected chi connectivity index (χ1v) is 12.5. The van der Waals surface area contributed by atoms with Gasteiger partial charge in [0, 0.05) is 42.4 Å². The number of aromatic amines is 1. The molecule has 1 saturated carbocycles. The zero-order valence-electron chi connectivity index (χ0n) is 20.0. The van der Waals surface area contributed by atoms with Gasteiger partial charge in [0.15, 0.2) is 5.82 Å². The summed E-state index contributed by atoms with van der Waals surface area (Å²) in [5.74, 6) is 1.18. The average molecular weight is 517 g/mol. The van der Waals surface area contributed by atoms with E-state index in [1.807, 2.05) is 24.3 Å². The number of nitrogen functional groups attached to an aromatic ring is 1. The Kier molecular flexibility index (Phi) is 5.69. The summed E-state index contributed by atoms with van der Waals surface area (Å²) in [6, 6.07) is 14.2. The Labute approximate surface area is 218 Å². The van der Waals surface area contributed by atoms with Crippen molar-refractivity contribution in [2.45, 2.75) is 11.8 Å². The lowest BCUT2D eigenvalue weighted by molar-refractivity contribution is 0.533. The van der Waals surface area contributed by atoms with Crippen molar-refractivity contribution < 1.29 is 4.39 Å². The largest absolute Gasteiger partial charge is 0.382 e. The highest BCUT2D eigenvalue weighted by Crippen LogP contribution is 2.63. The number of aromatic nitrogens is 4. The molecule has 0 unspecified atom stereocenters. The van der Waals surface area contributed by atoms with Gasteiger partial charge >= 0.3 is 0 Å². The standard InChI is InChI=1S/C27H26ClFN8/c28-20-11-15(22-7-9-34-36-22)5-6-16(20)24(31)25-26(32)35-23(12-33-25)37-10-8-17-19(13-37)27(17,14-30)18-3-1-2-4-21(18)29/h1-7,9,11-12,17,19,31H,8,10,13-14,30H2,(H2,32,35)(H,34,36)/t17-,19+,27-/m1/s1. The minimum Gasteiger partial charge on any atom is -0.382 e. The van der Waals surface area contributed by atoms with Gasteiger partial charge in [0.1, 0.15) is 17.3 Å². The molecule has 188 valence electrons. The molecule has 37 heavy (non-hydrogen) atoms. The number of H-pyrrole nitrogens is 1. The first kappa shape index (κ1) is 23.6. The quantitative estimate of drug-likeness (QED) is 0.286. The van der Waals surface area contributed by atoms with Gasteiger partial charge < -0.3 is 16.4 Å². The van der Waals surface area contributed by atoms with Crippen molar-refractivity contribution in [3.63, 3.8) is 0 Å². The van der Waals surface area contributed by atoms with Gasteiger partial charge in [0.05, 0.1) is 22.6 Å². The van der Waals surface area contributed by atoms with E-state index < -0.39 is 0 Å². The molecule has 2 aliphatic rings. The molecule has 1 aliphatic carbocycles. The Bertz CT molecular complexity index is 1490. The van der Waals surface area contributed by atoms with Crippen LogP contribution in [0.5, 0.6) is 0 Å². The van der Waals surface area contributed by atoms with Crippen LogP contribution in [0.3, 0.4) is 0 Å². The van der Waals surface area contributed by atoms with E-state index in [9.17, 15) is 4.39 Å². The normalized spacial score (nSPS) is 22.5. The van der Waals surface area contributed by atoms with E-state index in [4.69, 9.17) is 28.5 Å². The summed E-state index contributed by atoms with van der Waals surface area (Å²) in [5.41, 5.74) is 15.4. The highest BCUT2D eigenvalue weighted by Gasteiger charge is 2.66. The SMILES string of the molecule is N=C(c1ccc(-c2ccn[nH]2)cc1Cl)c1ncc(N2CC[C@@H]3[C@H](C2)[C@@]3(CN)c2ccccc2F)nc1N. The Morgan fingerprint density at radius 2 is 2.05 bits per heavy atom. The molecule has 3 atom stereocenters. The second-order valence-corrected chi connectivity index (χ2v) is 10.1. The maximum Gasteiger partial charge on any atom is 0.154 e. The van der Waals surface area contributed by atoms with Gasteiger partial charge in [0.25, 0.3) is 0 Å². The third-order valence-electron chi connectivity index (χ3n) is 7.94. The summed E-state index contributed by atoms with van der Waals surface area (Å²) in [6.07, 6.45) is 4.19. The molecule has 0 amide bonds. The first-order chi connectivity index (χ1) is 17.9. The number of fused-ring (bicyclic) bond motifs is 1. The Morgan fingerprint density at radius 1 is 1.22 bits per heavy atom. The van der Waals surface area contributed by atoms with E-state index >= 15 is 0 Å². The molecule has 4 aromatic rings. The fourth-order valence-electron chi connectivity index (χ4n) is 6.00. The van der Waals surface area contributed by atoms with Crippen LogP contribution in [-0.4, -0.2) is 45.5 Å². The predicted octanol–water partition coefficient (Wildman–Crippen LogP) is 4.01. The molecule has 0 radical (unpaired) electrons. The molecule has 0 spiro atoms. The third-order valence-corrected chi connectivity index (χ3v) is 8.25. The van der Waals surface area contributed by atoms with Gasteiger partial charge in [-0.3, -0.25) is 10.5 Å². The highest BCUT2D eigenvalue weighted by molar-refractivity contribution is 6.35. The van der Waals surface area contributed by atoms with E-state index in [1.165, 1.54) is 6.07 Å². The minimum absolute atomic E-state index is 0.0975. The number of hydrogen-bond acceptors (Lipinski definition) is 7. The van der Waals surface area contributed by atoms with Crippen LogP contribution >= 0.6 is 11.6 Å². The zero-order chi connectivity index (χ0) is 25.7. The lowest BCUT2D eigenvalue weighted by Gasteiger charge is -2.27. The van der Waals surface area contributed by atoms with Crippen molar-refractivity contribution in [3.8, 4) is 11.3 Å². The smallest absolute Gasteiger partial charge is 0.154 e. The summed E-state index contributed by atoms with van der Waals surface area (Å²) in [7, 11) is 0. The van der Waals surface area contributed by atoms with Crippen LogP contribution < -0.4 is 16.4 Å². The molecule has 2 aromatic heterocycles. The highest BCUT2D eigenvalue weighted by atomic mass is 35.5. The van der Waals surface area contributed by atoms with Crippen LogP contribution in [-0.2, 0) is 5.41 Å². The zero-order valence-corrected chi connectivity index (χ0v) is 20.7. The number of piperidine rings is 1. The van der Waals surface area contributed by atoms with E-state index in [2.05, 4.69) is 25.1 Å². The molecule has 3 heterocycles. The van der Waals surface area contributed by atoms with Crippen LogP contribution in [0.1, 0.15) is 23.2 Å². The van der Waals surface area contributed by atoms with Crippen molar-refractivity contribution in [1.29, 1.82) is 5.41 Å². The van der Waals surface area contributed by atoms with Crippen molar-refractivity contribution >= 4 is 28.9 Å². The summed E-state index contributed by atoms with van der Waals surface area (Å²) < 4.78 is 14.7. The van der Waals surface area contributed by atoms with Gasteiger partial charge in [-0.2, -0.15) is 5.10 Å². The van der Waals surface area contributed by atoms with E-state index in [0.29, 0.717) is 41.0 Å². The number of nitrogens with two attached hydrogens (primary N) is 2. The monoisotopic (exact) mass is 516 g/mol. The number of nitrogens with zero attached hydrogens (tertiary/aromatic N) is 4. The minimum atomic E-state index is -0.347. The van der Waals surface area contributed by atoms with Gasteiger partial charge in [0.2, 0.25) is 0 Å². The molecule has 10 heteroatoms. The average Bonchev–Trinajstić information content (AvgIpc) is 3.23. The van der Waals surface area contributed by atoms with Crippen LogP contribution in [0.2, 0.25) is 5.02 Å². The van der Waals surface area contributed by atoms with Crippen molar-refractivity contribution in [1.82, 2.24) is 20.2 Å². The van der Waals surface area contributed by atoms with Gasteiger partial charge in [-0.05, 0) is 42.0 Å². The lowest BCUT2D eigenvalue weighted by atomic mass is 9.91. The number of halogens is 2. The summed E-state index contributed by atoms with van der Waals surface area (Å²) in [6.45, 7) is 1.85. The molecule has 2 fully saturated rings. The molecule has 6 rings (SSSR count). The number of anilines is 2. The number of hydrogen-bond donors (Lipinski definition) is 4. The molecule has 1 saturated heterocycles. The summed E-state index contributed by atoms with van der Waals surface area (Å²) >= 11 is 6.51. The molecule has 0 bridgehead atoms. The fourth-order valence-corrected chi connectivity index (χ4v) is 6.28. The van der Waals surface area contributed by atoms with Gasteiger partial charge in [-0.15, -0.1) is 0 Å². The van der Waals surface area contributed by atoms with Crippen LogP contribution in [0.25, 0.3) is 11.3 Å². The first-order valence-electron chi connectivity index (χ1n) is 12.1. The third kappa shape index (κ3) is 3.77. The summed E-state index contributed by atoms with van der Waals surface area (Å²) in [4.78, 5) is 11.2. The van der Waals surface area contributed by atoms with Crippen molar-refractivity contribution in [2.75, 3.05) is 30.3 Å². The van der Waals surface area contributed by atoms with Crippen molar-refractivity contribution in [2.24, 2.45) is 17.6 Å². The lowest BCUT2D eigenvalue weighted by Crippen LogP contribution is -2.33. The van der Waals surface area contributed by atoms with E-state index in [-0.39, 0.29) is 34.4 Å². The van der Waals surface area contributed by atoms with E-state index in [1.54, 1.807) is 30.6 Å².